The molecule has 0 spiro atoms. The van der Waals surface area contributed by atoms with Crippen molar-refractivity contribution in [3.05, 3.63) is 0 Å². The molecule has 104 valence electrons. The fourth-order valence-corrected chi connectivity index (χ4v) is 5.51. The zero-order chi connectivity index (χ0) is 12.4. The topological polar surface area (TPSA) is 15.3 Å². The number of nitrogens with one attached hydrogen (secondary N) is 1. The summed E-state index contributed by atoms with van der Waals surface area (Å²) in [4.78, 5) is 2.90. The normalized spacial score (nSPS) is 41.8. The van der Waals surface area contributed by atoms with Gasteiger partial charge in [-0.15, -0.1) is 0 Å². The Morgan fingerprint density at radius 3 is 2.44 bits per heavy atom. The van der Waals surface area contributed by atoms with Gasteiger partial charge >= 0.3 is 0 Å². The Hall–Kier alpha value is 0.270. The van der Waals surface area contributed by atoms with Crippen molar-refractivity contribution in [2.75, 3.05) is 19.3 Å². The van der Waals surface area contributed by atoms with E-state index in [1.807, 2.05) is 0 Å². The van der Waals surface area contributed by atoms with Crippen LogP contribution in [0, 0.1) is 0 Å². The van der Waals surface area contributed by atoms with Gasteiger partial charge in [-0.3, -0.25) is 4.90 Å². The molecule has 3 rings (SSSR count). The Balaban J connectivity index is 1.60. The maximum Gasteiger partial charge on any atom is 0.0175 e. The predicted octanol–water partition coefficient (Wildman–Crippen LogP) is 2.88. The smallest absolute Gasteiger partial charge is 0.0175 e. The van der Waals surface area contributed by atoms with Gasteiger partial charge in [-0.25, -0.2) is 0 Å². The molecule has 3 saturated heterocycles. The molecule has 0 aromatic carbocycles. The summed E-state index contributed by atoms with van der Waals surface area (Å²) in [5.41, 5.74) is 0. The van der Waals surface area contributed by atoms with Crippen molar-refractivity contribution in [2.24, 2.45) is 0 Å². The van der Waals surface area contributed by atoms with Gasteiger partial charge in [-0.2, -0.15) is 11.8 Å². The highest BCUT2D eigenvalue weighted by Crippen LogP contribution is 2.36. The van der Waals surface area contributed by atoms with Crippen LogP contribution in [-0.2, 0) is 0 Å². The lowest BCUT2D eigenvalue weighted by Gasteiger charge is -2.50. The number of fused-ring (bicyclic) bond motifs is 2. The van der Waals surface area contributed by atoms with E-state index in [-0.39, 0.29) is 0 Å². The molecule has 0 radical (unpaired) electrons. The molecule has 0 aromatic heterocycles. The lowest BCUT2D eigenvalue weighted by Crippen LogP contribution is -2.57. The van der Waals surface area contributed by atoms with Crippen LogP contribution in [0.4, 0.5) is 0 Å². The van der Waals surface area contributed by atoms with Crippen molar-refractivity contribution >= 4 is 11.8 Å². The summed E-state index contributed by atoms with van der Waals surface area (Å²) in [6.45, 7) is 1.39. The second-order valence-corrected chi connectivity index (χ2v) is 7.79. The largest absolute Gasteiger partial charge is 0.317 e. The second-order valence-electron chi connectivity index (χ2n) is 6.38. The van der Waals surface area contributed by atoms with Gasteiger partial charge < -0.3 is 5.32 Å². The van der Waals surface area contributed by atoms with Crippen molar-refractivity contribution < 1.29 is 0 Å². The fourth-order valence-electron chi connectivity index (χ4n) is 4.20. The van der Waals surface area contributed by atoms with Crippen LogP contribution in [0.15, 0.2) is 0 Å². The highest BCUT2D eigenvalue weighted by Gasteiger charge is 2.38. The standard InChI is InChI=1S/C15H28N2S/c1-16-12-9-13-5-4-6-14(10-12)17(13)11-15-7-2-3-8-18-15/h12-16H,2-11H2,1H3. The number of hydrogen-bond acceptors (Lipinski definition) is 3. The fraction of sp³-hybridized carbons (Fsp3) is 1.00. The van der Waals surface area contributed by atoms with Crippen LogP contribution < -0.4 is 5.32 Å². The first-order valence-corrected chi connectivity index (χ1v) is 8.96. The van der Waals surface area contributed by atoms with Crippen molar-refractivity contribution in [1.82, 2.24) is 10.2 Å². The third kappa shape index (κ3) is 2.88. The van der Waals surface area contributed by atoms with Crippen molar-refractivity contribution in [1.29, 1.82) is 0 Å². The number of piperidine rings is 2. The molecule has 3 aliphatic rings. The Kier molecular flexibility index (Phi) is 4.53. The summed E-state index contributed by atoms with van der Waals surface area (Å²) in [5, 5.41) is 4.46. The van der Waals surface area contributed by atoms with Crippen LogP contribution in [0.1, 0.15) is 51.4 Å². The molecule has 2 nitrogen and oxygen atoms in total. The van der Waals surface area contributed by atoms with E-state index in [0.29, 0.717) is 0 Å². The van der Waals surface area contributed by atoms with Gasteiger partial charge in [0.25, 0.3) is 0 Å². The first-order chi connectivity index (χ1) is 8.86. The molecule has 0 aromatic rings. The Morgan fingerprint density at radius 2 is 1.83 bits per heavy atom. The lowest BCUT2D eigenvalue weighted by molar-refractivity contribution is 0.0258. The quantitative estimate of drug-likeness (QED) is 0.847. The number of thioether (sulfide) groups is 1. The summed E-state index contributed by atoms with van der Waals surface area (Å²) < 4.78 is 0. The van der Waals surface area contributed by atoms with Crippen LogP contribution in [0.5, 0.6) is 0 Å². The van der Waals surface area contributed by atoms with Crippen LogP contribution in [0.3, 0.4) is 0 Å². The number of rotatable bonds is 3. The van der Waals surface area contributed by atoms with Gasteiger partial charge in [0, 0.05) is 29.9 Å². The molecule has 2 bridgehead atoms. The third-order valence-electron chi connectivity index (χ3n) is 5.22. The summed E-state index contributed by atoms with van der Waals surface area (Å²) in [6.07, 6.45) is 11.6. The van der Waals surface area contributed by atoms with E-state index < -0.39 is 0 Å². The first kappa shape index (κ1) is 13.3. The molecule has 3 atom stereocenters. The maximum absolute atomic E-state index is 3.52. The van der Waals surface area contributed by atoms with E-state index in [1.54, 1.807) is 0 Å². The Labute approximate surface area is 116 Å². The lowest BCUT2D eigenvalue weighted by atomic mass is 9.81. The molecule has 3 heteroatoms. The molecule has 3 aliphatic heterocycles. The van der Waals surface area contributed by atoms with Crippen molar-refractivity contribution in [3.63, 3.8) is 0 Å². The van der Waals surface area contributed by atoms with Crippen LogP contribution in [-0.4, -0.2) is 47.6 Å². The van der Waals surface area contributed by atoms with E-state index >= 15 is 0 Å². The Morgan fingerprint density at radius 1 is 1.06 bits per heavy atom. The average molecular weight is 268 g/mol. The van der Waals surface area contributed by atoms with Crippen LogP contribution in [0.25, 0.3) is 0 Å². The Bertz CT molecular complexity index is 251. The first-order valence-electron chi connectivity index (χ1n) is 7.91. The van der Waals surface area contributed by atoms with Gasteiger partial charge in [0.15, 0.2) is 0 Å². The highest BCUT2D eigenvalue weighted by molar-refractivity contribution is 7.99. The van der Waals surface area contributed by atoms with E-state index in [1.165, 1.54) is 63.7 Å². The van der Waals surface area contributed by atoms with Crippen LogP contribution >= 0.6 is 11.8 Å². The van der Waals surface area contributed by atoms with Gasteiger partial charge in [0.05, 0.1) is 0 Å². The predicted molar refractivity (Wildman–Crippen MR) is 80.3 cm³/mol. The minimum Gasteiger partial charge on any atom is -0.317 e. The van der Waals surface area contributed by atoms with Crippen molar-refractivity contribution in [3.8, 4) is 0 Å². The van der Waals surface area contributed by atoms with E-state index in [2.05, 4.69) is 29.0 Å². The summed E-state index contributed by atoms with van der Waals surface area (Å²) in [5.74, 6) is 1.41. The van der Waals surface area contributed by atoms with Gasteiger partial charge in [0.2, 0.25) is 0 Å². The minimum atomic E-state index is 0.788. The monoisotopic (exact) mass is 268 g/mol. The van der Waals surface area contributed by atoms with Crippen LogP contribution in [0.2, 0.25) is 0 Å². The molecular weight excluding hydrogens is 240 g/mol. The second kappa shape index (κ2) is 6.15. The van der Waals surface area contributed by atoms with Gasteiger partial charge in [-0.05, 0) is 51.3 Å². The molecule has 0 saturated carbocycles. The van der Waals surface area contributed by atoms with E-state index in [4.69, 9.17) is 0 Å². The number of nitrogens with zero attached hydrogens (tertiary/aromatic N) is 1. The van der Waals surface area contributed by atoms with E-state index in [0.717, 1.165) is 23.4 Å². The minimum absolute atomic E-state index is 0.788. The van der Waals surface area contributed by atoms with Crippen molar-refractivity contribution in [2.45, 2.75) is 74.7 Å². The molecule has 0 aliphatic carbocycles. The third-order valence-corrected chi connectivity index (χ3v) is 6.60. The summed E-state index contributed by atoms with van der Waals surface area (Å²) in [7, 11) is 2.15. The molecule has 0 amide bonds. The zero-order valence-corrected chi connectivity index (χ0v) is 12.6. The van der Waals surface area contributed by atoms with Gasteiger partial charge in [-0.1, -0.05) is 12.8 Å². The van der Waals surface area contributed by atoms with E-state index in [9.17, 15) is 0 Å². The molecule has 3 heterocycles. The molecular formula is C15H28N2S. The molecule has 3 unspecified atom stereocenters. The molecule has 3 fully saturated rings. The molecule has 1 N–H and O–H groups in total. The number of hydrogen-bond donors (Lipinski definition) is 1. The average Bonchev–Trinajstić information content (AvgIpc) is 2.39. The summed E-state index contributed by atoms with van der Waals surface area (Å²) in [6, 6.07) is 2.56. The SMILES string of the molecule is CNC1CC2CCCC(C1)N2CC1CCCCS1. The van der Waals surface area contributed by atoms with Gasteiger partial charge in [0.1, 0.15) is 0 Å². The maximum atomic E-state index is 3.52. The summed E-state index contributed by atoms with van der Waals surface area (Å²) >= 11 is 2.24. The molecule has 18 heavy (non-hydrogen) atoms. The highest BCUT2D eigenvalue weighted by atomic mass is 32.2. The zero-order valence-electron chi connectivity index (χ0n) is 11.7.